The van der Waals surface area contributed by atoms with Crippen molar-refractivity contribution < 1.29 is 19.1 Å². The van der Waals surface area contributed by atoms with Gasteiger partial charge in [0.1, 0.15) is 12.5 Å². The van der Waals surface area contributed by atoms with Crippen molar-refractivity contribution in [3.05, 3.63) is 57.7 Å². The Morgan fingerprint density at radius 3 is 2.70 bits per heavy atom. The van der Waals surface area contributed by atoms with Crippen molar-refractivity contribution in [1.29, 1.82) is 5.41 Å². The number of thioether (sulfide) groups is 1. The van der Waals surface area contributed by atoms with Crippen LogP contribution in [0, 0.1) is 11.3 Å². The number of halogens is 2. The zero-order valence-corrected chi connectivity index (χ0v) is 18.7. The first-order chi connectivity index (χ1) is 14.2. The molecule has 2 atom stereocenters. The van der Waals surface area contributed by atoms with Gasteiger partial charge in [-0.15, -0.1) is 0 Å². The number of nitrogens with one attached hydrogen (secondary N) is 1. The molecular weight excluding hydrogens is 449 g/mol. The molecule has 1 aliphatic rings. The SMILES string of the molecule is C=CCOC(=O)C1C(C)=NC(CSC(=N)N)=C(C(=O)OC)C1c1cccc(Cl)c1Cl. The van der Waals surface area contributed by atoms with E-state index in [1.807, 2.05) is 0 Å². The molecule has 30 heavy (non-hydrogen) atoms. The number of esters is 2. The molecule has 0 spiro atoms. The van der Waals surface area contributed by atoms with Crippen LogP contribution in [0.5, 0.6) is 0 Å². The zero-order valence-electron chi connectivity index (χ0n) is 16.4. The Kier molecular flexibility index (Phi) is 8.52. The van der Waals surface area contributed by atoms with Gasteiger partial charge in [-0.05, 0) is 18.6 Å². The largest absolute Gasteiger partial charge is 0.466 e. The maximum Gasteiger partial charge on any atom is 0.336 e. The molecule has 1 aliphatic heterocycles. The van der Waals surface area contributed by atoms with E-state index in [9.17, 15) is 9.59 Å². The first-order valence-corrected chi connectivity index (χ1v) is 10.5. The van der Waals surface area contributed by atoms with Crippen molar-refractivity contribution >= 4 is 57.8 Å². The Hall–Kier alpha value is -2.29. The van der Waals surface area contributed by atoms with Crippen LogP contribution in [-0.4, -0.2) is 42.3 Å². The molecule has 0 saturated heterocycles. The number of aliphatic imine (C=N–C) groups is 1. The number of hydrogen-bond acceptors (Lipinski definition) is 7. The standard InChI is InChI=1S/C20H21Cl2N3O4S/c1-4-8-29-19(27)14-10(2)25-13(9-30-20(23)24)16(18(26)28-3)15(14)11-6-5-7-12(21)17(11)22/h4-7,14-15H,1,8-9H2,2-3H3,(H3,23,24). The van der Waals surface area contributed by atoms with Crippen molar-refractivity contribution in [3.8, 4) is 0 Å². The number of carbonyl (C=O) groups is 2. The van der Waals surface area contributed by atoms with Gasteiger partial charge in [-0.3, -0.25) is 15.2 Å². The van der Waals surface area contributed by atoms with Gasteiger partial charge in [0.05, 0.1) is 28.4 Å². The fraction of sp³-hybridized carbons (Fsp3) is 0.300. The Morgan fingerprint density at radius 2 is 2.10 bits per heavy atom. The zero-order chi connectivity index (χ0) is 22.4. The van der Waals surface area contributed by atoms with Gasteiger partial charge in [0.2, 0.25) is 0 Å². The maximum absolute atomic E-state index is 12.9. The topological polar surface area (TPSA) is 115 Å². The van der Waals surface area contributed by atoms with Gasteiger partial charge < -0.3 is 15.2 Å². The minimum Gasteiger partial charge on any atom is -0.466 e. The minimum absolute atomic E-state index is 0.00291. The number of rotatable bonds is 7. The molecule has 2 unspecified atom stereocenters. The van der Waals surface area contributed by atoms with Crippen LogP contribution in [0.3, 0.4) is 0 Å². The molecule has 3 N–H and O–H groups in total. The highest BCUT2D eigenvalue weighted by Gasteiger charge is 2.44. The Balaban J connectivity index is 2.74. The molecule has 0 radical (unpaired) electrons. The van der Waals surface area contributed by atoms with Crippen molar-refractivity contribution in [2.75, 3.05) is 19.5 Å². The van der Waals surface area contributed by atoms with Crippen molar-refractivity contribution in [2.24, 2.45) is 16.6 Å². The van der Waals surface area contributed by atoms with E-state index >= 15 is 0 Å². The summed E-state index contributed by atoms with van der Waals surface area (Å²) in [6.07, 6.45) is 1.44. The van der Waals surface area contributed by atoms with Crippen LogP contribution in [0.4, 0.5) is 0 Å². The summed E-state index contributed by atoms with van der Waals surface area (Å²) in [5, 5.41) is 7.82. The Bertz CT molecular complexity index is 946. The summed E-state index contributed by atoms with van der Waals surface area (Å²) in [7, 11) is 1.23. The van der Waals surface area contributed by atoms with Gasteiger partial charge in [-0.25, -0.2) is 4.79 Å². The molecule has 2 rings (SSSR count). The van der Waals surface area contributed by atoms with Gasteiger partial charge in [0, 0.05) is 17.4 Å². The fourth-order valence-corrected chi connectivity index (χ4v) is 4.11. The smallest absolute Gasteiger partial charge is 0.336 e. The van der Waals surface area contributed by atoms with Crippen molar-refractivity contribution in [1.82, 2.24) is 0 Å². The lowest BCUT2D eigenvalue weighted by molar-refractivity contribution is -0.145. The van der Waals surface area contributed by atoms with Crippen LogP contribution in [0.1, 0.15) is 18.4 Å². The summed E-state index contributed by atoms with van der Waals surface area (Å²) >= 11 is 13.7. The van der Waals surface area contributed by atoms with Crippen LogP contribution in [-0.2, 0) is 19.1 Å². The third-order valence-corrected chi connectivity index (χ3v) is 5.96. The molecule has 1 aromatic carbocycles. The molecule has 1 heterocycles. The molecule has 160 valence electrons. The van der Waals surface area contributed by atoms with Gasteiger partial charge in [0.15, 0.2) is 5.17 Å². The summed E-state index contributed by atoms with van der Waals surface area (Å²) in [5.74, 6) is -2.90. The van der Waals surface area contributed by atoms with E-state index in [2.05, 4.69) is 11.6 Å². The maximum atomic E-state index is 12.9. The number of methoxy groups -OCH3 is 1. The minimum atomic E-state index is -0.930. The van der Waals surface area contributed by atoms with Crippen LogP contribution in [0.25, 0.3) is 0 Å². The van der Waals surface area contributed by atoms with E-state index in [0.29, 0.717) is 17.0 Å². The Labute approximate surface area is 188 Å². The van der Waals surface area contributed by atoms with Crippen LogP contribution < -0.4 is 5.73 Å². The van der Waals surface area contributed by atoms with Crippen molar-refractivity contribution in [2.45, 2.75) is 12.8 Å². The Morgan fingerprint density at radius 1 is 1.40 bits per heavy atom. The number of amidine groups is 1. The number of benzene rings is 1. The highest BCUT2D eigenvalue weighted by Crippen LogP contribution is 2.44. The van der Waals surface area contributed by atoms with E-state index < -0.39 is 23.8 Å². The average Bonchev–Trinajstić information content (AvgIpc) is 2.71. The quantitative estimate of drug-likeness (QED) is 0.270. The van der Waals surface area contributed by atoms with E-state index in [0.717, 1.165) is 11.8 Å². The highest BCUT2D eigenvalue weighted by atomic mass is 35.5. The number of nitrogens with two attached hydrogens (primary N) is 1. The summed E-state index contributed by atoms with van der Waals surface area (Å²) in [6, 6.07) is 4.97. The van der Waals surface area contributed by atoms with E-state index in [1.165, 1.54) is 13.2 Å². The summed E-state index contributed by atoms with van der Waals surface area (Å²) in [5.41, 5.74) is 6.83. The van der Waals surface area contributed by atoms with Gasteiger partial charge in [-0.2, -0.15) is 0 Å². The van der Waals surface area contributed by atoms with E-state index in [1.54, 1.807) is 25.1 Å². The molecule has 0 aromatic heterocycles. The van der Waals surface area contributed by atoms with Crippen LogP contribution in [0.2, 0.25) is 10.0 Å². The normalized spacial score (nSPS) is 18.5. The first kappa shape index (κ1) is 24.0. The average molecular weight is 470 g/mol. The lowest BCUT2D eigenvalue weighted by Crippen LogP contribution is -2.37. The van der Waals surface area contributed by atoms with Crippen LogP contribution in [0.15, 0.2) is 47.1 Å². The molecule has 0 bridgehead atoms. The monoisotopic (exact) mass is 469 g/mol. The molecule has 1 aromatic rings. The van der Waals surface area contributed by atoms with Gasteiger partial charge in [-0.1, -0.05) is 59.8 Å². The van der Waals surface area contributed by atoms with Crippen LogP contribution >= 0.6 is 35.0 Å². The second-order valence-electron chi connectivity index (χ2n) is 6.28. The van der Waals surface area contributed by atoms with Crippen molar-refractivity contribution in [3.63, 3.8) is 0 Å². The lowest BCUT2D eigenvalue weighted by Gasteiger charge is -2.32. The molecule has 0 aliphatic carbocycles. The third kappa shape index (κ3) is 5.24. The highest BCUT2D eigenvalue weighted by molar-refractivity contribution is 8.13. The fourth-order valence-electron chi connectivity index (χ4n) is 3.17. The summed E-state index contributed by atoms with van der Waals surface area (Å²) in [4.78, 5) is 30.2. The number of hydrogen-bond donors (Lipinski definition) is 2. The number of nitrogens with zero attached hydrogens (tertiary/aromatic N) is 1. The van der Waals surface area contributed by atoms with E-state index in [-0.39, 0.29) is 33.1 Å². The number of ether oxygens (including phenoxy) is 2. The molecule has 10 heteroatoms. The van der Waals surface area contributed by atoms with E-state index in [4.69, 9.17) is 43.8 Å². The second kappa shape index (κ2) is 10.7. The number of carbonyl (C=O) groups excluding carboxylic acids is 2. The first-order valence-electron chi connectivity index (χ1n) is 8.77. The summed E-state index contributed by atoms with van der Waals surface area (Å²) in [6.45, 7) is 5.21. The molecule has 0 saturated carbocycles. The molecule has 7 nitrogen and oxygen atoms in total. The second-order valence-corrected chi connectivity index (χ2v) is 8.08. The third-order valence-electron chi connectivity index (χ3n) is 4.40. The molecule has 0 fully saturated rings. The summed E-state index contributed by atoms with van der Waals surface area (Å²) < 4.78 is 10.3. The molecule has 0 amide bonds. The predicted octanol–water partition coefficient (Wildman–Crippen LogP) is 3.95. The van der Waals surface area contributed by atoms with Gasteiger partial charge >= 0.3 is 11.9 Å². The van der Waals surface area contributed by atoms with Gasteiger partial charge in [0.25, 0.3) is 0 Å². The lowest BCUT2D eigenvalue weighted by atomic mass is 9.75. The molecular formula is C20H21Cl2N3O4S. The predicted molar refractivity (Wildman–Crippen MR) is 120 cm³/mol.